The maximum absolute atomic E-state index is 12.6. The van der Waals surface area contributed by atoms with Crippen LogP contribution in [0.25, 0.3) is 0 Å². The van der Waals surface area contributed by atoms with Gasteiger partial charge in [-0.15, -0.1) is 0 Å². The summed E-state index contributed by atoms with van der Waals surface area (Å²) in [6.07, 6.45) is 1.80. The molecule has 10 nitrogen and oxygen atoms in total. The zero-order valence-corrected chi connectivity index (χ0v) is 20.9. The molecule has 1 amide bonds. The second kappa shape index (κ2) is 10.8. The molecule has 0 atom stereocenters. The number of benzene rings is 1. The number of amides is 1. The van der Waals surface area contributed by atoms with Gasteiger partial charge in [-0.1, -0.05) is 0 Å². The topological polar surface area (TPSA) is 113 Å². The zero-order chi connectivity index (χ0) is 25.1. The van der Waals surface area contributed by atoms with E-state index in [4.69, 9.17) is 24.2 Å². The van der Waals surface area contributed by atoms with E-state index in [1.165, 1.54) is 0 Å². The highest BCUT2D eigenvalue weighted by Crippen LogP contribution is 2.35. The van der Waals surface area contributed by atoms with Crippen LogP contribution in [0.1, 0.15) is 40.8 Å². The van der Waals surface area contributed by atoms with E-state index in [1.807, 2.05) is 30.9 Å². The largest absolute Gasteiger partial charge is 0.438 e. The molecule has 190 valence electrons. The Balaban J connectivity index is 1.23. The number of carbonyl (C=O) groups is 1. The highest BCUT2D eigenvalue weighted by Gasteiger charge is 2.27. The molecule has 0 aliphatic carbocycles. The second-order valence-corrected chi connectivity index (χ2v) is 9.61. The van der Waals surface area contributed by atoms with Crippen LogP contribution in [0, 0.1) is 25.2 Å². The Bertz CT molecular complexity index is 1140. The van der Waals surface area contributed by atoms with Crippen molar-refractivity contribution in [3.05, 3.63) is 40.1 Å². The summed E-state index contributed by atoms with van der Waals surface area (Å²) in [5, 5.41) is 12.7. The molecule has 1 aromatic heterocycles. The summed E-state index contributed by atoms with van der Waals surface area (Å²) >= 11 is 0. The fourth-order valence-electron chi connectivity index (χ4n) is 4.97. The summed E-state index contributed by atoms with van der Waals surface area (Å²) in [4.78, 5) is 26.1. The number of likely N-dealkylation sites (tertiary alicyclic amines) is 1. The van der Waals surface area contributed by atoms with E-state index in [2.05, 4.69) is 16.3 Å². The van der Waals surface area contributed by atoms with Crippen LogP contribution in [0.2, 0.25) is 0 Å². The van der Waals surface area contributed by atoms with Crippen LogP contribution in [0.5, 0.6) is 11.6 Å². The lowest BCUT2D eigenvalue weighted by Crippen LogP contribution is -2.48. The Morgan fingerprint density at radius 2 is 1.83 bits per heavy atom. The number of aryl methyl sites for hydroxylation is 2. The number of hydrogen-bond donors (Lipinski definition) is 1. The summed E-state index contributed by atoms with van der Waals surface area (Å²) in [7, 11) is 0. The maximum Gasteiger partial charge on any atom is 0.236 e. The standard InChI is InChI=1S/C26H32N6O4/c1-17-11-19(13-27)12-18(2)24(17)36-25-21-15-35-16-22(21)29-26(30-25)28-20-3-5-31(6-4-20)14-23(33)32-7-9-34-10-8-32/h11-12,20H,3-10,14-16H2,1-2H3,(H,28,29,30). The molecule has 10 heteroatoms. The van der Waals surface area contributed by atoms with Gasteiger partial charge in [-0.25, -0.2) is 4.98 Å². The lowest BCUT2D eigenvalue weighted by Gasteiger charge is -2.34. The van der Waals surface area contributed by atoms with E-state index in [9.17, 15) is 10.1 Å². The molecule has 5 rings (SSSR count). The SMILES string of the molecule is Cc1cc(C#N)cc(C)c1Oc1nc(NC2CCN(CC(=O)N3CCOCC3)CC2)nc2c1COC2. The van der Waals surface area contributed by atoms with Crippen LogP contribution < -0.4 is 10.1 Å². The van der Waals surface area contributed by atoms with Gasteiger partial charge in [0.05, 0.1) is 55.9 Å². The molecule has 36 heavy (non-hydrogen) atoms. The van der Waals surface area contributed by atoms with E-state index in [1.54, 1.807) is 0 Å². The zero-order valence-electron chi connectivity index (χ0n) is 20.9. The molecule has 1 N–H and O–H groups in total. The van der Waals surface area contributed by atoms with Crippen molar-refractivity contribution in [2.45, 2.75) is 45.9 Å². The van der Waals surface area contributed by atoms with Gasteiger partial charge in [0.25, 0.3) is 0 Å². The van der Waals surface area contributed by atoms with E-state index in [0.29, 0.717) is 69.2 Å². The number of piperidine rings is 1. The molecule has 0 spiro atoms. The molecule has 1 aromatic carbocycles. The number of anilines is 1. The molecule has 2 saturated heterocycles. The molecule has 0 radical (unpaired) electrons. The smallest absolute Gasteiger partial charge is 0.236 e. The monoisotopic (exact) mass is 492 g/mol. The highest BCUT2D eigenvalue weighted by atomic mass is 16.5. The Kier molecular flexibility index (Phi) is 7.32. The number of hydrogen-bond acceptors (Lipinski definition) is 9. The Hall–Kier alpha value is -3.26. The number of rotatable bonds is 6. The van der Waals surface area contributed by atoms with Gasteiger partial charge < -0.3 is 24.4 Å². The van der Waals surface area contributed by atoms with Crippen LogP contribution >= 0.6 is 0 Å². The lowest BCUT2D eigenvalue weighted by molar-refractivity contribution is -0.136. The first-order valence-electron chi connectivity index (χ1n) is 12.5. The fourth-order valence-corrected chi connectivity index (χ4v) is 4.97. The maximum atomic E-state index is 12.6. The van der Waals surface area contributed by atoms with Crippen LogP contribution in [-0.4, -0.2) is 77.7 Å². The van der Waals surface area contributed by atoms with Crippen LogP contribution in [0.4, 0.5) is 5.95 Å². The van der Waals surface area contributed by atoms with E-state index in [-0.39, 0.29) is 11.9 Å². The molecule has 2 fully saturated rings. The lowest BCUT2D eigenvalue weighted by atomic mass is 10.1. The van der Waals surface area contributed by atoms with Crippen molar-refractivity contribution >= 4 is 11.9 Å². The van der Waals surface area contributed by atoms with Gasteiger partial charge >= 0.3 is 0 Å². The third-order valence-electron chi connectivity index (χ3n) is 6.97. The predicted molar refractivity (Wildman–Crippen MR) is 132 cm³/mol. The summed E-state index contributed by atoms with van der Waals surface area (Å²) in [5.41, 5.74) is 4.06. The average molecular weight is 493 g/mol. The number of nitriles is 1. The molecule has 2 aromatic rings. The van der Waals surface area contributed by atoms with Crippen molar-refractivity contribution in [3.63, 3.8) is 0 Å². The number of nitrogens with one attached hydrogen (secondary N) is 1. The van der Waals surface area contributed by atoms with Gasteiger partial charge in [0.1, 0.15) is 5.75 Å². The third kappa shape index (κ3) is 5.43. The Morgan fingerprint density at radius 3 is 2.53 bits per heavy atom. The first-order valence-corrected chi connectivity index (χ1v) is 12.5. The van der Waals surface area contributed by atoms with Gasteiger partial charge in [0.2, 0.25) is 17.7 Å². The molecule has 3 aliphatic rings. The number of aromatic nitrogens is 2. The first kappa shape index (κ1) is 24.4. The number of fused-ring (bicyclic) bond motifs is 1. The number of morpholine rings is 1. The molecule has 4 heterocycles. The number of ether oxygens (including phenoxy) is 3. The molecule has 3 aliphatic heterocycles. The summed E-state index contributed by atoms with van der Waals surface area (Å²) in [6.45, 7) is 9.45. The van der Waals surface area contributed by atoms with E-state index < -0.39 is 0 Å². The minimum Gasteiger partial charge on any atom is -0.438 e. The van der Waals surface area contributed by atoms with Crippen LogP contribution in [-0.2, 0) is 27.5 Å². The van der Waals surface area contributed by atoms with Crippen molar-refractivity contribution in [1.82, 2.24) is 19.8 Å². The van der Waals surface area contributed by atoms with Crippen molar-refractivity contribution in [1.29, 1.82) is 5.26 Å². The number of nitrogens with zero attached hydrogens (tertiary/aromatic N) is 5. The fraction of sp³-hybridized carbons (Fsp3) is 0.538. The predicted octanol–water partition coefficient (Wildman–Crippen LogP) is 2.52. The number of carbonyl (C=O) groups excluding carboxylic acids is 1. The quantitative estimate of drug-likeness (QED) is 0.650. The van der Waals surface area contributed by atoms with Crippen molar-refractivity contribution in [3.8, 4) is 17.7 Å². The Labute approximate surface area is 211 Å². The minimum absolute atomic E-state index is 0.182. The van der Waals surface area contributed by atoms with Crippen molar-refractivity contribution in [2.24, 2.45) is 0 Å². The summed E-state index contributed by atoms with van der Waals surface area (Å²) in [6, 6.07) is 6.03. The van der Waals surface area contributed by atoms with Crippen molar-refractivity contribution in [2.75, 3.05) is 51.3 Å². The molecule has 0 unspecified atom stereocenters. The third-order valence-corrected chi connectivity index (χ3v) is 6.97. The van der Waals surface area contributed by atoms with Gasteiger partial charge in [-0.3, -0.25) is 9.69 Å². The van der Waals surface area contributed by atoms with Gasteiger partial charge in [0, 0.05) is 32.2 Å². The van der Waals surface area contributed by atoms with Crippen LogP contribution in [0.3, 0.4) is 0 Å². The van der Waals surface area contributed by atoms with Gasteiger partial charge in [-0.05, 0) is 49.9 Å². The van der Waals surface area contributed by atoms with E-state index in [0.717, 1.165) is 48.3 Å². The highest BCUT2D eigenvalue weighted by molar-refractivity contribution is 5.78. The van der Waals surface area contributed by atoms with E-state index >= 15 is 0 Å². The second-order valence-electron chi connectivity index (χ2n) is 9.61. The summed E-state index contributed by atoms with van der Waals surface area (Å²) in [5.74, 6) is 1.90. The van der Waals surface area contributed by atoms with Crippen LogP contribution in [0.15, 0.2) is 12.1 Å². The van der Waals surface area contributed by atoms with Gasteiger partial charge in [0.15, 0.2) is 0 Å². The van der Waals surface area contributed by atoms with Gasteiger partial charge in [-0.2, -0.15) is 10.2 Å². The summed E-state index contributed by atoms with van der Waals surface area (Å²) < 4.78 is 17.3. The Morgan fingerprint density at radius 1 is 1.11 bits per heavy atom. The first-order chi connectivity index (χ1) is 17.5. The molecule has 0 saturated carbocycles. The molecular formula is C26H32N6O4. The molecule has 0 bridgehead atoms. The van der Waals surface area contributed by atoms with Crippen molar-refractivity contribution < 1.29 is 19.0 Å². The minimum atomic E-state index is 0.182. The molecular weight excluding hydrogens is 460 g/mol. The normalized spacial score (nSPS) is 18.5. The average Bonchev–Trinajstić information content (AvgIpc) is 3.36.